The summed E-state index contributed by atoms with van der Waals surface area (Å²) in [5.74, 6) is 6.47. The van der Waals surface area contributed by atoms with Crippen LogP contribution < -0.4 is 11.3 Å². The number of nitrogens with zero attached hydrogens (tertiary/aromatic N) is 2. The largest absolute Gasteiger partial charge is 0.382 e. The number of guanidine groups is 1. The Morgan fingerprint density at radius 1 is 1.50 bits per heavy atom. The molecule has 0 aromatic carbocycles. The molecule has 1 saturated heterocycles. The fraction of sp³-hybridized carbons (Fsp3) is 0.923. The molecule has 1 aliphatic rings. The summed E-state index contributed by atoms with van der Waals surface area (Å²) in [6.07, 6.45) is 6.20. The average molecular weight is 256 g/mol. The zero-order chi connectivity index (χ0) is 13.4. The van der Waals surface area contributed by atoms with Gasteiger partial charge in [-0.15, -0.1) is 0 Å². The zero-order valence-electron chi connectivity index (χ0n) is 12.0. The van der Waals surface area contributed by atoms with E-state index in [9.17, 15) is 0 Å². The number of ether oxygens (including phenoxy) is 1. The number of methoxy groups -OCH3 is 1. The van der Waals surface area contributed by atoms with Gasteiger partial charge in [-0.1, -0.05) is 19.8 Å². The Morgan fingerprint density at radius 3 is 2.89 bits per heavy atom. The van der Waals surface area contributed by atoms with Crippen molar-refractivity contribution in [3.63, 3.8) is 0 Å². The van der Waals surface area contributed by atoms with E-state index in [1.54, 1.807) is 7.11 Å². The van der Waals surface area contributed by atoms with Crippen molar-refractivity contribution in [3.05, 3.63) is 0 Å². The molecule has 5 heteroatoms. The first kappa shape index (κ1) is 15.2. The Bertz CT molecular complexity index is 257. The van der Waals surface area contributed by atoms with Crippen LogP contribution in [0.15, 0.2) is 4.99 Å². The van der Waals surface area contributed by atoms with Crippen LogP contribution in [0.3, 0.4) is 0 Å². The molecular weight excluding hydrogens is 228 g/mol. The summed E-state index contributed by atoms with van der Waals surface area (Å²) < 4.78 is 5.12. The first-order valence-electron chi connectivity index (χ1n) is 7.02. The van der Waals surface area contributed by atoms with Gasteiger partial charge in [-0.25, -0.2) is 10.8 Å². The van der Waals surface area contributed by atoms with Gasteiger partial charge in [0.15, 0.2) is 0 Å². The molecule has 0 saturated carbocycles. The molecule has 3 N–H and O–H groups in total. The zero-order valence-corrected chi connectivity index (χ0v) is 12.0. The number of rotatable bonds is 4. The van der Waals surface area contributed by atoms with Crippen LogP contribution in [-0.2, 0) is 4.74 Å². The van der Waals surface area contributed by atoms with E-state index >= 15 is 0 Å². The molecule has 0 amide bonds. The summed E-state index contributed by atoms with van der Waals surface area (Å²) in [5.41, 5.74) is 2.77. The molecule has 0 aromatic rings. The van der Waals surface area contributed by atoms with Gasteiger partial charge in [0, 0.05) is 19.7 Å². The average Bonchev–Trinajstić information content (AvgIpc) is 2.61. The topological polar surface area (TPSA) is 62.9 Å². The smallest absolute Gasteiger partial charge is 0.208 e. The van der Waals surface area contributed by atoms with Gasteiger partial charge in [-0.3, -0.25) is 5.43 Å². The number of hydrogen-bond donors (Lipinski definition) is 2. The highest BCUT2D eigenvalue weighted by atomic mass is 16.5. The van der Waals surface area contributed by atoms with Crippen molar-refractivity contribution in [2.45, 2.75) is 58.0 Å². The summed E-state index contributed by atoms with van der Waals surface area (Å²) >= 11 is 0. The molecule has 1 rings (SSSR count). The second-order valence-corrected chi connectivity index (χ2v) is 5.01. The maximum absolute atomic E-state index is 5.65. The van der Waals surface area contributed by atoms with Gasteiger partial charge in [0.25, 0.3) is 0 Å². The molecule has 106 valence electrons. The van der Waals surface area contributed by atoms with Crippen molar-refractivity contribution in [3.8, 4) is 0 Å². The van der Waals surface area contributed by atoms with E-state index in [1.807, 2.05) is 6.92 Å². The molecule has 1 fully saturated rings. The van der Waals surface area contributed by atoms with Crippen LogP contribution in [0.25, 0.3) is 0 Å². The highest BCUT2D eigenvalue weighted by Gasteiger charge is 2.22. The molecule has 1 heterocycles. The first-order chi connectivity index (χ1) is 8.72. The number of nitrogens with one attached hydrogen (secondary N) is 1. The second-order valence-electron chi connectivity index (χ2n) is 5.01. The van der Waals surface area contributed by atoms with Gasteiger partial charge >= 0.3 is 0 Å². The standard InChI is InChI=1S/C13H28N4O/c1-4-12-8-6-5-7-9-17(12)13(16-14)15-11(2)10-18-3/h11-12H,4-10,14H2,1-3H3,(H,15,16). The highest BCUT2D eigenvalue weighted by Crippen LogP contribution is 2.19. The lowest BCUT2D eigenvalue weighted by Gasteiger charge is -2.32. The summed E-state index contributed by atoms with van der Waals surface area (Å²) in [6.45, 7) is 5.94. The first-order valence-corrected chi connectivity index (χ1v) is 7.02. The molecule has 18 heavy (non-hydrogen) atoms. The Hall–Kier alpha value is -0.810. The molecule has 2 unspecified atom stereocenters. The van der Waals surface area contributed by atoms with Crippen LogP contribution in [-0.4, -0.2) is 43.2 Å². The molecule has 2 atom stereocenters. The van der Waals surface area contributed by atoms with Crippen LogP contribution in [0.1, 0.15) is 46.0 Å². The molecule has 0 bridgehead atoms. The van der Waals surface area contributed by atoms with E-state index in [4.69, 9.17) is 10.6 Å². The summed E-state index contributed by atoms with van der Waals surface area (Å²) in [4.78, 5) is 6.96. The fourth-order valence-electron chi connectivity index (χ4n) is 2.56. The van der Waals surface area contributed by atoms with Crippen LogP contribution in [0.4, 0.5) is 0 Å². The summed E-state index contributed by atoms with van der Waals surface area (Å²) in [5, 5.41) is 0. The van der Waals surface area contributed by atoms with Crippen molar-refractivity contribution in [2.75, 3.05) is 20.3 Å². The van der Waals surface area contributed by atoms with E-state index in [0.29, 0.717) is 12.6 Å². The van der Waals surface area contributed by atoms with Gasteiger partial charge in [-0.2, -0.15) is 0 Å². The molecular formula is C13H28N4O. The Morgan fingerprint density at radius 2 is 2.28 bits per heavy atom. The maximum Gasteiger partial charge on any atom is 0.208 e. The number of hydrogen-bond acceptors (Lipinski definition) is 3. The normalized spacial score (nSPS) is 23.7. The maximum atomic E-state index is 5.65. The van der Waals surface area contributed by atoms with Crippen molar-refractivity contribution >= 4 is 5.96 Å². The predicted octanol–water partition coefficient (Wildman–Crippen LogP) is 1.50. The van der Waals surface area contributed by atoms with Crippen LogP contribution in [0, 0.1) is 0 Å². The molecule has 1 aliphatic heterocycles. The lowest BCUT2D eigenvalue weighted by atomic mass is 10.1. The number of likely N-dealkylation sites (tertiary alicyclic amines) is 1. The van der Waals surface area contributed by atoms with Crippen LogP contribution in [0.2, 0.25) is 0 Å². The van der Waals surface area contributed by atoms with E-state index in [1.165, 1.54) is 25.7 Å². The SMILES string of the molecule is CCC1CCCCCN1C(=NC(C)COC)NN. The summed E-state index contributed by atoms with van der Waals surface area (Å²) in [6, 6.07) is 0.679. The highest BCUT2D eigenvalue weighted by molar-refractivity contribution is 5.80. The monoisotopic (exact) mass is 256 g/mol. The Kier molecular flexibility index (Phi) is 7.05. The van der Waals surface area contributed by atoms with Gasteiger partial charge in [0.2, 0.25) is 5.96 Å². The van der Waals surface area contributed by atoms with E-state index < -0.39 is 0 Å². The van der Waals surface area contributed by atoms with Crippen LogP contribution >= 0.6 is 0 Å². The van der Waals surface area contributed by atoms with Crippen molar-refractivity contribution in [1.29, 1.82) is 0 Å². The third kappa shape index (κ3) is 4.46. The van der Waals surface area contributed by atoms with Gasteiger partial charge in [-0.05, 0) is 26.2 Å². The lowest BCUT2D eigenvalue weighted by Crippen LogP contribution is -2.50. The molecule has 0 aromatic heterocycles. The fourth-order valence-corrected chi connectivity index (χ4v) is 2.56. The molecule has 0 aliphatic carbocycles. The second kappa shape index (κ2) is 8.32. The molecule has 0 spiro atoms. The van der Waals surface area contributed by atoms with Crippen LogP contribution in [0.5, 0.6) is 0 Å². The van der Waals surface area contributed by atoms with Crippen molar-refractivity contribution in [2.24, 2.45) is 10.8 Å². The lowest BCUT2D eigenvalue weighted by molar-refractivity contribution is 0.184. The number of hydrazine groups is 1. The molecule has 5 nitrogen and oxygen atoms in total. The van der Waals surface area contributed by atoms with Gasteiger partial charge in [0.1, 0.15) is 0 Å². The predicted molar refractivity (Wildman–Crippen MR) is 75.3 cm³/mol. The Balaban J connectivity index is 2.76. The number of aliphatic imine (C=N–C) groups is 1. The van der Waals surface area contributed by atoms with Crippen molar-refractivity contribution in [1.82, 2.24) is 10.3 Å². The minimum absolute atomic E-state index is 0.127. The van der Waals surface area contributed by atoms with E-state index in [0.717, 1.165) is 18.9 Å². The van der Waals surface area contributed by atoms with Crippen molar-refractivity contribution < 1.29 is 4.74 Å². The van der Waals surface area contributed by atoms with Gasteiger partial charge in [0.05, 0.1) is 12.6 Å². The Labute approximate surface area is 111 Å². The number of nitrogens with two attached hydrogens (primary N) is 1. The third-order valence-electron chi connectivity index (χ3n) is 3.50. The van der Waals surface area contributed by atoms with E-state index in [-0.39, 0.29) is 6.04 Å². The quantitative estimate of drug-likeness (QED) is 0.346. The summed E-state index contributed by atoms with van der Waals surface area (Å²) in [7, 11) is 1.70. The van der Waals surface area contributed by atoms with Gasteiger partial charge < -0.3 is 9.64 Å². The van der Waals surface area contributed by atoms with E-state index in [2.05, 4.69) is 22.2 Å². The third-order valence-corrected chi connectivity index (χ3v) is 3.50. The minimum atomic E-state index is 0.127. The molecule has 0 radical (unpaired) electrons. The minimum Gasteiger partial charge on any atom is -0.382 e.